The SMILES string of the molecule is CC(C)(C)c1ccc(SC(F)(F)C(F)(F)C(F)(F)C(F)(F)S(=O)(=O)O)c(C(C)(C)C)c1. The lowest BCUT2D eigenvalue weighted by molar-refractivity contribution is -0.325. The van der Waals surface area contributed by atoms with Gasteiger partial charge in [0.2, 0.25) is 0 Å². The zero-order chi connectivity index (χ0) is 25.1. The van der Waals surface area contributed by atoms with Crippen LogP contribution in [0, 0.1) is 0 Å². The van der Waals surface area contributed by atoms with Crippen molar-refractivity contribution in [1.29, 1.82) is 0 Å². The second kappa shape index (κ2) is 7.75. The van der Waals surface area contributed by atoms with Gasteiger partial charge in [-0.25, -0.2) is 0 Å². The Balaban J connectivity index is 3.61. The Morgan fingerprint density at radius 1 is 0.774 bits per heavy atom. The minimum absolute atomic E-state index is 0.0604. The molecule has 31 heavy (non-hydrogen) atoms. The van der Waals surface area contributed by atoms with Gasteiger partial charge in [-0.05, 0) is 39.8 Å². The molecule has 0 saturated heterocycles. The fourth-order valence-corrected chi connectivity index (χ4v) is 4.00. The van der Waals surface area contributed by atoms with E-state index < -0.39 is 60.0 Å². The maximum atomic E-state index is 14.3. The summed E-state index contributed by atoms with van der Waals surface area (Å²) >= 11 is -1.09. The first-order valence-corrected chi connectivity index (χ1v) is 10.9. The molecule has 1 rings (SSSR count). The van der Waals surface area contributed by atoms with Crippen LogP contribution in [0.3, 0.4) is 0 Å². The standard InChI is InChI=1S/C18H22F8O3S2/c1-13(2,3)10-7-8-12(11(9-10)14(4,5)6)30-17(23,24)15(19,20)16(21,22)18(25,26)31(27,28)29/h7-9H,1-6H3,(H,27,28,29). The molecule has 0 amide bonds. The Bertz CT molecular complexity index is 930. The molecule has 0 bridgehead atoms. The number of thioether (sulfide) groups is 1. The summed E-state index contributed by atoms with van der Waals surface area (Å²) in [6.45, 7) is 9.95. The van der Waals surface area contributed by atoms with Crippen molar-refractivity contribution in [3.63, 3.8) is 0 Å². The van der Waals surface area contributed by atoms with Crippen LogP contribution in [0.25, 0.3) is 0 Å². The highest BCUT2D eigenvalue weighted by atomic mass is 32.2. The normalized spacial score (nSPS) is 15.3. The summed E-state index contributed by atoms with van der Waals surface area (Å²) in [4.78, 5) is -0.587. The van der Waals surface area contributed by atoms with Crippen LogP contribution < -0.4 is 0 Å². The van der Waals surface area contributed by atoms with Crippen LogP contribution in [0.15, 0.2) is 23.1 Å². The van der Waals surface area contributed by atoms with Gasteiger partial charge in [0.05, 0.1) is 0 Å². The van der Waals surface area contributed by atoms with Gasteiger partial charge in [0, 0.05) is 4.90 Å². The highest BCUT2D eigenvalue weighted by molar-refractivity contribution is 8.00. The third-order valence-electron chi connectivity index (χ3n) is 4.34. The summed E-state index contributed by atoms with van der Waals surface area (Å²) in [6.07, 6.45) is 0. The Labute approximate surface area is 179 Å². The summed E-state index contributed by atoms with van der Waals surface area (Å²) in [7, 11) is -7.14. The van der Waals surface area contributed by atoms with Crippen LogP contribution in [-0.2, 0) is 20.9 Å². The van der Waals surface area contributed by atoms with Crippen LogP contribution >= 0.6 is 11.8 Å². The predicted molar refractivity (Wildman–Crippen MR) is 101 cm³/mol. The molecule has 1 N–H and O–H groups in total. The highest BCUT2D eigenvalue weighted by Gasteiger charge is 2.84. The molecule has 0 fully saturated rings. The van der Waals surface area contributed by atoms with Crippen molar-refractivity contribution in [3.05, 3.63) is 29.3 Å². The van der Waals surface area contributed by atoms with E-state index in [1.54, 1.807) is 20.8 Å². The molecule has 1 aromatic carbocycles. The molecule has 0 atom stereocenters. The predicted octanol–water partition coefficient (Wildman–Crippen LogP) is 6.72. The lowest BCUT2D eigenvalue weighted by Gasteiger charge is -2.35. The number of hydrogen-bond acceptors (Lipinski definition) is 3. The molecule has 180 valence electrons. The van der Waals surface area contributed by atoms with Crippen molar-refractivity contribution in [3.8, 4) is 0 Å². The summed E-state index contributed by atoms with van der Waals surface area (Å²) in [6, 6.07) is 3.70. The Morgan fingerprint density at radius 2 is 1.23 bits per heavy atom. The van der Waals surface area contributed by atoms with Crippen LogP contribution in [0.1, 0.15) is 52.7 Å². The smallest absolute Gasteiger partial charge is 0.281 e. The maximum absolute atomic E-state index is 14.3. The van der Waals surface area contributed by atoms with Crippen LogP contribution in [-0.4, -0.2) is 35.3 Å². The molecule has 0 radical (unpaired) electrons. The number of benzene rings is 1. The van der Waals surface area contributed by atoms with Crippen LogP contribution in [0.5, 0.6) is 0 Å². The molecular weight excluding hydrogens is 480 g/mol. The molecule has 13 heteroatoms. The second-order valence-electron chi connectivity index (χ2n) is 8.97. The fraction of sp³-hybridized carbons (Fsp3) is 0.667. The number of halogens is 8. The summed E-state index contributed by atoms with van der Waals surface area (Å²) in [5, 5.41) is -12.7. The van der Waals surface area contributed by atoms with E-state index in [0.717, 1.165) is 6.07 Å². The largest absolute Gasteiger partial charge is 0.438 e. The van der Waals surface area contributed by atoms with Crippen molar-refractivity contribution in [2.45, 2.75) is 79.6 Å². The minimum atomic E-state index is -7.14. The van der Waals surface area contributed by atoms with E-state index in [9.17, 15) is 43.5 Å². The van der Waals surface area contributed by atoms with E-state index in [4.69, 9.17) is 4.55 Å². The summed E-state index contributed by atoms with van der Waals surface area (Å²) in [5.74, 6) is -14.0. The van der Waals surface area contributed by atoms with E-state index in [0.29, 0.717) is 5.56 Å². The van der Waals surface area contributed by atoms with Gasteiger partial charge < -0.3 is 0 Å². The van der Waals surface area contributed by atoms with Gasteiger partial charge in [-0.3, -0.25) is 4.55 Å². The monoisotopic (exact) mass is 502 g/mol. The first-order chi connectivity index (χ1) is 13.3. The topological polar surface area (TPSA) is 54.4 Å². The molecule has 0 aliphatic rings. The lowest BCUT2D eigenvalue weighted by Crippen LogP contribution is -2.63. The number of hydrogen-bond donors (Lipinski definition) is 1. The number of rotatable bonds is 6. The average molecular weight is 502 g/mol. The molecule has 0 spiro atoms. The molecule has 0 unspecified atom stereocenters. The van der Waals surface area contributed by atoms with Crippen LogP contribution in [0.4, 0.5) is 35.1 Å². The van der Waals surface area contributed by atoms with Crippen molar-refractivity contribution < 1.29 is 48.1 Å². The molecule has 0 aliphatic carbocycles. The Hall–Kier alpha value is -1.08. The van der Waals surface area contributed by atoms with Gasteiger partial charge >= 0.3 is 32.5 Å². The molecule has 1 aromatic rings. The highest BCUT2D eigenvalue weighted by Crippen LogP contribution is 2.59. The van der Waals surface area contributed by atoms with E-state index in [-0.39, 0.29) is 5.56 Å². The van der Waals surface area contributed by atoms with E-state index in [1.165, 1.54) is 32.9 Å². The van der Waals surface area contributed by atoms with Crippen molar-refractivity contribution >= 4 is 21.9 Å². The van der Waals surface area contributed by atoms with Gasteiger partial charge in [0.15, 0.2) is 0 Å². The van der Waals surface area contributed by atoms with Crippen molar-refractivity contribution in [1.82, 2.24) is 0 Å². The Morgan fingerprint density at radius 3 is 1.58 bits per heavy atom. The van der Waals surface area contributed by atoms with Crippen molar-refractivity contribution in [2.75, 3.05) is 0 Å². The summed E-state index contributed by atoms with van der Waals surface area (Å²) in [5.41, 5.74) is -0.749. The third-order valence-corrected chi connectivity index (χ3v) is 6.33. The molecular formula is C18H22F8O3S2. The van der Waals surface area contributed by atoms with Gasteiger partial charge in [0.1, 0.15) is 0 Å². The first-order valence-electron chi connectivity index (χ1n) is 8.63. The first kappa shape index (κ1) is 28.0. The Kier molecular flexibility index (Phi) is 6.99. The fourth-order valence-electron chi connectivity index (χ4n) is 2.40. The third kappa shape index (κ3) is 4.97. The average Bonchev–Trinajstić information content (AvgIpc) is 2.51. The quantitative estimate of drug-likeness (QED) is 0.267. The lowest BCUT2D eigenvalue weighted by atomic mass is 9.81. The van der Waals surface area contributed by atoms with Crippen molar-refractivity contribution in [2.24, 2.45) is 0 Å². The van der Waals surface area contributed by atoms with E-state index in [2.05, 4.69) is 0 Å². The second-order valence-corrected chi connectivity index (χ2v) is 11.6. The zero-order valence-corrected chi connectivity index (χ0v) is 19.0. The van der Waals surface area contributed by atoms with E-state index >= 15 is 0 Å². The van der Waals surface area contributed by atoms with Gasteiger partial charge in [0.25, 0.3) is 0 Å². The van der Waals surface area contributed by atoms with Crippen LogP contribution in [0.2, 0.25) is 0 Å². The van der Waals surface area contributed by atoms with Gasteiger partial charge in [-0.2, -0.15) is 43.5 Å². The van der Waals surface area contributed by atoms with Gasteiger partial charge in [-0.15, -0.1) is 0 Å². The molecule has 0 aromatic heterocycles. The molecule has 0 aliphatic heterocycles. The molecule has 0 saturated carbocycles. The maximum Gasteiger partial charge on any atom is 0.438 e. The summed E-state index contributed by atoms with van der Waals surface area (Å²) < 4.78 is 140. The number of alkyl halides is 8. The van der Waals surface area contributed by atoms with Gasteiger partial charge in [-0.1, -0.05) is 53.7 Å². The van der Waals surface area contributed by atoms with E-state index in [1.807, 2.05) is 0 Å². The minimum Gasteiger partial charge on any atom is -0.281 e. The molecule has 0 heterocycles. The molecule has 3 nitrogen and oxygen atoms in total. The zero-order valence-electron chi connectivity index (χ0n) is 17.3.